The summed E-state index contributed by atoms with van der Waals surface area (Å²) >= 11 is 1.75. The van der Waals surface area contributed by atoms with E-state index in [0.29, 0.717) is 5.82 Å². The molecule has 0 aliphatic rings. The van der Waals surface area contributed by atoms with Crippen LogP contribution in [0.25, 0.3) is 114 Å². The van der Waals surface area contributed by atoms with Crippen LogP contribution in [0.5, 0.6) is 0 Å². The lowest BCUT2D eigenvalue weighted by atomic mass is 10.0. The van der Waals surface area contributed by atoms with Crippen molar-refractivity contribution < 1.29 is 4.42 Å². The molecular weight excluding hydrogens is 691 g/mol. The molecule has 4 aromatic heterocycles. The van der Waals surface area contributed by atoms with Crippen molar-refractivity contribution in [3.63, 3.8) is 0 Å². The summed E-state index contributed by atoms with van der Waals surface area (Å²) in [6.45, 7) is 0. The zero-order chi connectivity index (χ0) is 36.0. The largest absolute Gasteiger partial charge is 0.456 e. The fraction of sp³-hybridized carbons (Fsp3) is 0. The Morgan fingerprint density at radius 1 is 0.473 bits per heavy atom. The lowest BCUT2D eigenvalue weighted by Gasteiger charge is -2.11. The summed E-state index contributed by atoms with van der Waals surface area (Å²) < 4.78 is 11.2. The van der Waals surface area contributed by atoms with Crippen molar-refractivity contribution in [3.8, 4) is 39.5 Å². The molecule has 0 spiro atoms. The second kappa shape index (κ2) is 11.7. The third kappa shape index (κ3) is 4.64. The van der Waals surface area contributed by atoms with Crippen LogP contribution in [0.4, 0.5) is 0 Å². The first-order valence-corrected chi connectivity index (χ1v) is 19.3. The van der Waals surface area contributed by atoms with Gasteiger partial charge in [-0.3, -0.25) is 0 Å². The van der Waals surface area contributed by atoms with Crippen LogP contribution in [-0.2, 0) is 0 Å². The van der Waals surface area contributed by atoms with Crippen molar-refractivity contribution in [3.05, 3.63) is 176 Å². The Morgan fingerprint density at radius 3 is 2.09 bits per heavy atom. The Balaban J connectivity index is 1.05. The molecule has 0 saturated heterocycles. The van der Waals surface area contributed by atoms with Gasteiger partial charge in [-0.15, -0.1) is 11.3 Å². The molecule has 0 unspecified atom stereocenters. The Morgan fingerprint density at radius 2 is 1.22 bits per heavy atom. The van der Waals surface area contributed by atoms with Gasteiger partial charge in [-0.05, 0) is 76.5 Å². The van der Waals surface area contributed by atoms with Crippen LogP contribution in [-0.4, -0.2) is 14.5 Å². The number of para-hydroxylation sites is 1. The van der Waals surface area contributed by atoms with Crippen molar-refractivity contribution in [2.24, 2.45) is 0 Å². The van der Waals surface area contributed by atoms with Gasteiger partial charge in [0.1, 0.15) is 11.2 Å². The Hall–Kier alpha value is -7.08. The molecule has 4 nitrogen and oxygen atoms in total. The number of thiophene rings is 1. The maximum atomic E-state index is 6.51. The summed E-state index contributed by atoms with van der Waals surface area (Å²) in [6.07, 6.45) is 0. The fourth-order valence-corrected chi connectivity index (χ4v) is 9.58. The van der Waals surface area contributed by atoms with Crippen molar-refractivity contribution in [1.82, 2.24) is 14.5 Å². The van der Waals surface area contributed by atoms with E-state index in [4.69, 9.17) is 14.4 Å². The van der Waals surface area contributed by atoms with Gasteiger partial charge < -0.3 is 8.98 Å². The Labute approximate surface area is 319 Å². The first-order valence-electron chi connectivity index (χ1n) is 18.5. The average Bonchev–Trinajstić information content (AvgIpc) is 3.92. The molecule has 12 aromatic rings. The van der Waals surface area contributed by atoms with Crippen LogP contribution < -0.4 is 0 Å². The number of nitrogens with zero attached hydrogens (tertiary/aromatic N) is 3. The molecule has 0 N–H and O–H groups in total. The predicted molar refractivity (Wildman–Crippen MR) is 230 cm³/mol. The SMILES string of the molecule is c1ccc(-c2ccc3c(c2)oc2cccc(-c4nc(-c5ccc(-n6c7ccccc7c7cc8ccccc8cc76)cc5)c5sc6ccccc6c5n4)c23)cc1. The summed E-state index contributed by atoms with van der Waals surface area (Å²) in [5, 5.41) is 8.19. The highest BCUT2D eigenvalue weighted by Crippen LogP contribution is 2.43. The smallest absolute Gasteiger partial charge is 0.161 e. The predicted octanol–water partition coefficient (Wildman–Crippen LogP) is 14.0. The monoisotopic (exact) mass is 719 g/mol. The van der Waals surface area contributed by atoms with Crippen LogP contribution in [0.15, 0.2) is 180 Å². The topological polar surface area (TPSA) is 43.9 Å². The Bertz CT molecular complexity index is 3480. The second-order valence-corrected chi connectivity index (χ2v) is 15.2. The normalized spacial score (nSPS) is 12.0. The molecular formula is C50H29N3OS. The molecule has 0 aliphatic carbocycles. The molecule has 8 aromatic carbocycles. The minimum Gasteiger partial charge on any atom is -0.456 e. The van der Waals surface area contributed by atoms with Crippen LogP contribution in [0.3, 0.4) is 0 Å². The van der Waals surface area contributed by atoms with Crippen molar-refractivity contribution in [1.29, 1.82) is 0 Å². The minimum atomic E-state index is 0.685. The van der Waals surface area contributed by atoms with Crippen LogP contribution >= 0.6 is 11.3 Å². The number of benzene rings is 8. The quantitative estimate of drug-likeness (QED) is 0.182. The van der Waals surface area contributed by atoms with Gasteiger partial charge in [0.25, 0.3) is 0 Å². The molecule has 0 atom stereocenters. The van der Waals surface area contributed by atoms with E-state index in [-0.39, 0.29) is 0 Å². The maximum absolute atomic E-state index is 6.51. The highest BCUT2D eigenvalue weighted by Gasteiger charge is 2.21. The van der Waals surface area contributed by atoms with Gasteiger partial charge in [-0.1, -0.05) is 121 Å². The van der Waals surface area contributed by atoms with Gasteiger partial charge in [-0.2, -0.15) is 0 Å². The fourth-order valence-electron chi connectivity index (χ4n) is 8.43. The standard InChI is InChI=1S/C50H29N3OS/c1-2-11-30(12-3-1)34-23-26-37-44(29-34)54-43-19-10-17-39(46(37)43)50-51-47(49-48(52-50)38-16-7-9-20-45(38)55-49)31-21-24-35(25-22-31)53-41-18-8-6-15-36(41)40-27-32-13-4-5-14-33(32)28-42(40)53/h1-29H. The van der Waals surface area contributed by atoms with Gasteiger partial charge in [0, 0.05) is 48.4 Å². The highest BCUT2D eigenvalue weighted by atomic mass is 32.1. The summed E-state index contributed by atoms with van der Waals surface area (Å²) in [5.74, 6) is 0.685. The molecule has 256 valence electrons. The third-order valence-electron chi connectivity index (χ3n) is 11.0. The molecule has 0 aliphatic heterocycles. The minimum absolute atomic E-state index is 0.685. The zero-order valence-corrected chi connectivity index (χ0v) is 30.2. The molecule has 5 heteroatoms. The number of furan rings is 1. The van der Waals surface area contributed by atoms with E-state index in [9.17, 15) is 0 Å². The van der Waals surface area contributed by atoms with Crippen LogP contribution in [0.2, 0.25) is 0 Å². The van der Waals surface area contributed by atoms with E-state index in [1.807, 2.05) is 18.2 Å². The number of hydrogen-bond donors (Lipinski definition) is 0. The van der Waals surface area contributed by atoms with E-state index in [1.54, 1.807) is 11.3 Å². The van der Waals surface area contributed by atoms with E-state index in [2.05, 4.69) is 162 Å². The first-order chi connectivity index (χ1) is 27.2. The second-order valence-electron chi connectivity index (χ2n) is 14.1. The molecule has 0 fully saturated rings. The van der Waals surface area contributed by atoms with Gasteiger partial charge in [-0.25, -0.2) is 9.97 Å². The number of rotatable bonds is 4. The van der Waals surface area contributed by atoms with Gasteiger partial charge in [0.15, 0.2) is 5.82 Å². The lowest BCUT2D eigenvalue weighted by molar-refractivity contribution is 0.669. The molecule has 0 saturated carbocycles. The van der Waals surface area contributed by atoms with Gasteiger partial charge in [0.2, 0.25) is 0 Å². The summed E-state index contributed by atoms with van der Waals surface area (Å²) in [5.41, 5.74) is 11.3. The maximum Gasteiger partial charge on any atom is 0.161 e. The van der Waals surface area contributed by atoms with E-state index < -0.39 is 0 Å². The highest BCUT2D eigenvalue weighted by molar-refractivity contribution is 7.26. The molecule has 12 rings (SSSR count). The van der Waals surface area contributed by atoms with Crippen LogP contribution in [0, 0.1) is 0 Å². The zero-order valence-electron chi connectivity index (χ0n) is 29.4. The molecule has 0 amide bonds. The molecule has 55 heavy (non-hydrogen) atoms. The Kier molecular flexibility index (Phi) is 6.47. The van der Waals surface area contributed by atoms with E-state index in [1.165, 1.54) is 37.3 Å². The molecule has 0 bridgehead atoms. The van der Waals surface area contributed by atoms with Crippen molar-refractivity contribution in [2.45, 2.75) is 0 Å². The van der Waals surface area contributed by atoms with Crippen LogP contribution in [0.1, 0.15) is 0 Å². The summed E-state index contributed by atoms with van der Waals surface area (Å²) in [7, 11) is 0. The lowest BCUT2D eigenvalue weighted by Crippen LogP contribution is -1.96. The average molecular weight is 720 g/mol. The number of hydrogen-bond acceptors (Lipinski definition) is 4. The number of fused-ring (bicyclic) bond motifs is 10. The molecule has 4 heterocycles. The van der Waals surface area contributed by atoms with E-state index >= 15 is 0 Å². The number of aromatic nitrogens is 3. The van der Waals surface area contributed by atoms with Crippen molar-refractivity contribution >= 4 is 86.2 Å². The van der Waals surface area contributed by atoms with Crippen molar-refractivity contribution in [2.75, 3.05) is 0 Å². The third-order valence-corrected chi connectivity index (χ3v) is 12.2. The summed E-state index contributed by atoms with van der Waals surface area (Å²) in [6, 6.07) is 62.5. The molecule has 0 radical (unpaired) electrons. The first kappa shape index (κ1) is 30.4. The van der Waals surface area contributed by atoms with E-state index in [0.717, 1.165) is 71.2 Å². The summed E-state index contributed by atoms with van der Waals surface area (Å²) in [4.78, 5) is 10.7. The van der Waals surface area contributed by atoms with Gasteiger partial charge >= 0.3 is 0 Å². The van der Waals surface area contributed by atoms with Gasteiger partial charge in [0.05, 0.1) is 26.9 Å².